The monoisotopic (exact) mass is 673 g/mol. The van der Waals surface area contributed by atoms with E-state index >= 15 is 0 Å². The van der Waals surface area contributed by atoms with Crippen LogP contribution in [0.4, 0.5) is 5.69 Å². The van der Waals surface area contributed by atoms with Gasteiger partial charge in [-0.15, -0.1) is 0 Å². The molecule has 0 spiro atoms. The Balaban J connectivity index is 1.61. The highest BCUT2D eigenvalue weighted by Crippen LogP contribution is 2.30. The van der Waals surface area contributed by atoms with E-state index < -0.39 is 16.1 Å². The number of sulfonamides is 1. The predicted octanol–water partition coefficient (Wildman–Crippen LogP) is 5.80. The van der Waals surface area contributed by atoms with Crippen molar-refractivity contribution in [2.45, 2.75) is 95.3 Å². The van der Waals surface area contributed by atoms with E-state index in [0.29, 0.717) is 30.6 Å². The molecular weight excluding hydrogens is 618 g/mol. The van der Waals surface area contributed by atoms with Gasteiger partial charge in [0, 0.05) is 37.8 Å². The van der Waals surface area contributed by atoms with Crippen LogP contribution < -0.4 is 14.2 Å². The summed E-state index contributed by atoms with van der Waals surface area (Å²) in [5.41, 5.74) is 0.476. The lowest BCUT2D eigenvalue weighted by atomic mass is 9.89. The van der Waals surface area contributed by atoms with Gasteiger partial charge in [-0.05, 0) is 101 Å². The number of carbonyl (C=O) groups excluding carboxylic acids is 1. The van der Waals surface area contributed by atoms with Gasteiger partial charge in [0.05, 0.1) is 42.4 Å². The summed E-state index contributed by atoms with van der Waals surface area (Å²) >= 11 is 0. The molecule has 11 heteroatoms. The number of hydrogen-bond donors (Lipinski definition) is 2. The van der Waals surface area contributed by atoms with Gasteiger partial charge in [-0.2, -0.15) is 0 Å². The summed E-state index contributed by atoms with van der Waals surface area (Å²) in [6, 6.07) is 10.4. The van der Waals surface area contributed by atoms with E-state index in [4.69, 9.17) is 14.2 Å². The predicted molar refractivity (Wildman–Crippen MR) is 185 cm³/mol. The molecule has 2 aromatic carbocycles. The molecule has 262 valence electrons. The molecule has 1 fully saturated rings. The third-order valence-electron chi connectivity index (χ3n) is 9.46. The Morgan fingerprint density at radius 3 is 2.40 bits per heavy atom. The molecule has 47 heavy (non-hydrogen) atoms. The number of amides is 1. The van der Waals surface area contributed by atoms with Crippen LogP contribution in [0.25, 0.3) is 0 Å². The number of nitrogens with zero attached hydrogens (tertiary/aromatic N) is 2. The summed E-state index contributed by atoms with van der Waals surface area (Å²) in [6.07, 6.45) is 8.82. The van der Waals surface area contributed by atoms with Gasteiger partial charge in [0.2, 0.25) is 0 Å². The molecule has 0 unspecified atom stereocenters. The number of benzene rings is 2. The van der Waals surface area contributed by atoms with Crippen molar-refractivity contribution < 1.29 is 32.5 Å². The zero-order valence-electron chi connectivity index (χ0n) is 28.8. The van der Waals surface area contributed by atoms with E-state index in [0.717, 1.165) is 32.4 Å². The zero-order valence-corrected chi connectivity index (χ0v) is 29.6. The van der Waals surface area contributed by atoms with Crippen LogP contribution in [-0.4, -0.2) is 94.5 Å². The Bertz CT molecular complexity index is 1380. The van der Waals surface area contributed by atoms with Crippen LogP contribution >= 0.6 is 0 Å². The first kappa shape index (κ1) is 37.0. The van der Waals surface area contributed by atoms with Crippen molar-refractivity contribution in [2.24, 2.45) is 11.8 Å². The first-order valence-electron chi connectivity index (χ1n) is 17.2. The second-order valence-electron chi connectivity index (χ2n) is 13.5. The maximum absolute atomic E-state index is 14.4. The number of hydrogen-bond acceptors (Lipinski definition) is 8. The molecule has 0 aromatic heterocycles. The van der Waals surface area contributed by atoms with Gasteiger partial charge in [-0.1, -0.05) is 26.2 Å². The fourth-order valence-electron chi connectivity index (χ4n) is 6.61. The number of anilines is 1. The number of methoxy groups -OCH3 is 1. The normalized spacial score (nSPS) is 23.0. The summed E-state index contributed by atoms with van der Waals surface area (Å²) in [5, 5.41) is 10.3. The van der Waals surface area contributed by atoms with Crippen LogP contribution in [-0.2, 0) is 14.8 Å². The minimum absolute atomic E-state index is 0.0234. The number of rotatable bonds is 10. The fourth-order valence-corrected chi connectivity index (χ4v) is 7.66. The maximum Gasteiger partial charge on any atom is 0.261 e. The largest absolute Gasteiger partial charge is 0.497 e. The molecule has 2 aromatic rings. The van der Waals surface area contributed by atoms with Crippen molar-refractivity contribution in [3.63, 3.8) is 0 Å². The standard InChI is InChI=1S/C36H55N3O7S/c1-26-22-39(27(2)25-40)36(41)33-21-30(37-47(42,43)32-17-15-31(44-5)16-18-32)14-19-34(33)46-28(3)11-9-10-20-45-35(26)24-38(4)23-29-12-7-6-8-13-29/h14-19,21,26-29,35,37,40H,6-13,20,22-25H2,1-5H3/t26-,27-,28+,35-/m1/s1. The summed E-state index contributed by atoms with van der Waals surface area (Å²) in [4.78, 5) is 18.5. The van der Waals surface area contributed by atoms with Crippen LogP contribution in [0.3, 0.4) is 0 Å². The molecule has 1 saturated carbocycles. The first-order valence-corrected chi connectivity index (χ1v) is 18.7. The number of aliphatic hydroxyl groups is 1. The lowest BCUT2D eigenvalue weighted by Gasteiger charge is -2.36. The molecule has 1 aliphatic heterocycles. The van der Waals surface area contributed by atoms with Gasteiger partial charge >= 0.3 is 0 Å². The Morgan fingerprint density at radius 2 is 1.72 bits per heavy atom. The Morgan fingerprint density at radius 1 is 1.02 bits per heavy atom. The highest BCUT2D eigenvalue weighted by atomic mass is 32.2. The van der Waals surface area contributed by atoms with Crippen LogP contribution in [0, 0.1) is 11.8 Å². The van der Waals surface area contributed by atoms with Crippen molar-refractivity contribution in [1.82, 2.24) is 9.80 Å². The Hall–Kier alpha value is -2.86. The minimum atomic E-state index is -3.95. The van der Waals surface area contributed by atoms with Gasteiger partial charge < -0.3 is 29.1 Å². The highest BCUT2D eigenvalue weighted by molar-refractivity contribution is 7.92. The molecular formula is C36H55N3O7S. The first-order chi connectivity index (χ1) is 22.5. The number of nitrogens with one attached hydrogen (secondary N) is 1. The molecule has 2 N–H and O–H groups in total. The average Bonchev–Trinajstić information content (AvgIpc) is 3.06. The van der Waals surface area contributed by atoms with Crippen molar-refractivity contribution in [3.05, 3.63) is 48.0 Å². The molecule has 4 rings (SSSR count). The third-order valence-corrected chi connectivity index (χ3v) is 10.9. The molecule has 2 aliphatic rings. The van der Waals surface area contributed by atoms with E-state index in [9.17, 15) is 18.3 Å². The summed E-state index contributed by atoms with van der Waals surface area (Å²) in [7, 11) is -0.266. The van der Waals surface area contributed by atoms with Crippen molar-refractivity contribution in [1.29, 1.82) is 0 Å². The highest BCUT2D eigenvalue weighted by Gasteiger charge is 2.31. The molecule has 1 amide bonds. The van der Waals surface area contributed by atoms with Gasteiger partial charge in [-0.25, -0.2) is 8.42 Å². The average molecular weight is 674 g/mol. The molecule has 1 aliphatic carbocycles. The lowest BCUT2D eigenvalue weighted by Crippen LogP contribution is -2.47. The van der Waals surface area contributed by atoms with Gasteiger partial charge in [-0.3, -0.25) is 9.52 Å². The molecule has 0 bridgehead atoms. The van der Waals surface area contributed by atoms with Crippen molar-refractivity contribution in [2.75, 3.05) is 51.7 Å². The van der Waals surface area contributed by atoms with Gasteiger partial charge in [0.1, 0.15) is 11.5 Å². The third kappa shape index (κ3) is 10.6. The van der Waals surface area contributed by atoms with Crippen LogP contribution in [0.2, 0.25) is 0 Å². The second-order valence-corrected chi connectivity index (χ2v) is 15.2. The number of fused-ring (bicyclic) bond motifs is 1. The molecule has 0 radical (unpaired) electrons. The van der Waals surface area contributed by atoms with E-state index in [1.807, 2.05) is 13.8 Å². The molecule has 1 heterocycles. The van der Waals surface area contributed by atoms with E-state index in [2.05, 4.69) is 23.6 Å². The number of ether oxygens (including phenoxy) is 3. The topological polar surface area (TPSA) is 118 Å². The lowest BCUT2D eigenvalue weighted by molar-refractivity contribution is -0.0190. The van der Waals surface area contributed by atoms with Gasteiger partial charge in [0.25, 0.3) is 15.9 Å². The summed E-state index contributed by atoms with van der Waals surface area (Å²) in [6.45, 7) is 8.48. The van der Waals surface area contributed by atoms with Crippen LogP contribution in [0.5, 0.6) is 11.5 Å². The zero-order chi connectivity index (χ0) is 34.0. The SMILES string of the molecule is COc1ccc(S(=O)(=O)Nc2ccc3c(c2)C(=O)N([C@H](C)CO)C[C@@H](C)[C@@H](CN(C)CC2CCCCC2)OCCCC[C@H](C)O3)cc1. The quantitative estimate of drug-likeness (QED) is 0.325. The van der Waals surface area contributed by atoms with Crippen LogP contribution in [0.15, 0.2) is 47.4 Å². The smallest absolute Gasteiger partial charge is 0.261 e. The Kier molecular flexibility index (Phi) is 13.8. The van der Waals surface area contributed by atoms with Crippen LogP contribution in [0.1, 0.15) is 82.5 Å². The number of aliphatic hydroxyl groups excluding tert-OH is 1. The molecule has 0 saturated heterocycles. The number of likely N-dealkylation sites (N-methyl/N-ethyl adjacent to an activating group) is 1. The second kappa shape index (κ2) is 17.5. The van der Waals surface area contributed by atoms with Crippen molar-refractivity contribution >= 4 is 21.6 Å². The fraction of sp³-hybridized carbons (Fsp3) is 0.639. The minimum Gasteiger partial charge on any atom is -0.497 e. The van der Waals surface area contributed by atoms with E-state index in [-0.39, 0.29) is 46.8 Å². The molecule has 10 nitrogen and oxygen atoms in total. The molecule has 4 atom stereocenters. The number of carbonyl (C=O) groups is 1. The summed E-state index contributed by atoms with van der Waals surface area (Å²) < 4.78 is 47.1. The van der Waals surface area contributed by atoms with E-state index in [1.165, 1.54) is 57.4 Å². The van der Waals surface area contributed by atoms with Crippen molar-refractivity contribution in [3.8, 4) is 11.5 Å². The Labute approximate surface area is 281 Å². The maximum atomic E-state index is 14.4. The van der Waals surface area contributed by atoms with Gasteiger partial charge in [0.15, 0.2) is 0 Å². The summed E-state index contributed by atoms with van der Waals surface area (Å²) in [5.74, 6) is 1.28. The van der Waals surface area contributed by atoms with E-state index in [1.54, 1.807) is 29.2 Å².